The number of hydrogen-bond donors (Lipinski definition) is 3. The number of pyridine rings is 1. The second-order valence-electron chi connectivity index (χ2n) is 9.79. The Balaban J connectivity index is 1.47. The van der Waals surface area contributed by atoms with Crippen molar-refractivity contribution in [3.63, 3.8) is 0 Å². The number of hydrogen-bond acceptors (Lipinski definition) is 6. The third-order valence-electron chi connectivity index (χ3n) is 7.48. The molecule has 0 saturated carbocycles. The zero-order valence-electron chi connectivity index (χ0n) is 21.8. The molecule has 7 nitrogen and oxygen atoms in total. The van der Waals surface area contributed by atoms with Crippen LogP contribution in [0.2, 0.25) is 0 Å². The molecule has 0 spiro atoms. The minimum Gasteiger partial charge on any atom is -0.497 e. The Bertz CT molecular complexity index is 1420. The Hall–Kier alpha value is -3.72. The Labute approximate surface area is 228 Å². The number of methoxy groups -OCH3 is 1. The van der Waals surface area contributed by atoms with Crippen molar-refractivity contribution in [3.05, 3.63) is 70.7 Å². The number of benzene rings is 2. The number of carbonyl (C=O) groups excluding carboxylic acids is 1. The highest BCUT2D eigenvalue weighted by Gasteiger charge is 2.41. The molecule has 1 atom stereocenters. The third kappa shape index (κ3) is 6.20. The molecule has 3 N–H and O–H groups in total. The lowest BCUT2D eigenvalue weighted by molar-refractivity contribution is -0.143. The van der Waals surface area contributed by atoms with Crippen LogP contribution < -0.4 is 10.2 Å². The molecule has 3 aromatic rings. The zero-order chi connectivity index (χ0) is 28.9. The molecule has 2 aromatic carbocycles. The maximum atomic E-state index is 15.8. The SMILES string of the molecule is COc1ccc2ncc(CO)c(C(F)CCC3(C(=O)NO)CCN(CC#Cc4c(F)cc(F)cc4F)CC3)c2c1. The number of aliphatic hydroxyl groups is 1. The molecular formula is C29H29F4N3O4. The number of aromatic nitrogens is 1. The summed E-state index contributed by atoms with van der Waals surface area (Å²) in [5.74, 6) is 1.74. The van der Waals surface area contributed by atoms with Crippen molar-refractivity contribution in [1.82, 2.24) is 15.4 Å². The molecule has 1 aliphatic rings. The quantitative estimate of drug-likeness (QED) is 0.162. The second kappa shape index (κ2) is 12.6. The van der Waals surface area contributed by atoms with Crippen LogP contribution in [0.1, 0.15) is 48.5 Å². The number of nitrogens with zero attached hydrogens (tertiary/aromatic N) is 2. The number of nitrogens with one attached hydrogen (secondary N) is 1. The first-order valence-electron chi connectivity index (χ1n) is 12.7. The Morgan fingerprint density at radius 1 is 1.20 bits per heavy atom. The van der Waals surface area contributed by atoms with Gasteiger partial charge in [0.2, 0.25) is 5.91 Å². The molecule has 1 fully saturated rings. The number of fused-ring (bicyclic) bond motifs is 1. The van der Waals surface area contributed by atoms with Gasteiger partial charge in [0.1, 0.15) is 29.4 Å². The molecule has 1 aliphatic heterocycles. The van der Waals surface area contributed by atoms with E-state index >= 15 is 4.39 Å². The Kier molecular flexibility index (Phi) is 9.25. The van der Waals surface area contributed by atoms with Crippen LogP contribution in [0, 0.1) is 34.7 Å². The highest BCUT2D eigenvalue weighted by molar-refractivity contribution is 5.85. The maximum absolute atomic E-state index is 15.8. The van der Waals surface area contributed by atoms with Gasteiger partial charge in [-0.15, -0.1) is 0 Å². The van der Waals surface area contributed by atoms with Crippen molar-refractivity contribution in [1.29, 1.82) is 0 Å². The molecule has 1 amide bonds. The van der Waals surface area contributed by atoms with Crippen LogP contribution >= 0.6 is 0 Å². The molecule has 212 valence electrons. The lowest BCUT2D eigenvalue weighted by atomic mass is 9.73. The van der Waals surface area contributed by atoms with Crippen molar-refractivity contribution >= 4 is 16.8 Å². The van der Waals surface area contributed by atoms with Crippen molar-refractivity contribution < 1.29 is 37.4 Å². The van der Waals surface area contributed by atoms with E-state index in [1.807, 2.05) is 4.90 Å². The highest BCUT2D eigenvalue weighted by Crippen LogP contribution is 2.41. The van der Waals surface area contributed by atoms with E-state index in [9.17, 15) is 28.3 Å². The summed E-state index contributed by atoms with van der Waals surface area (Å²) in [6.45, 7) is 0.457. The van der Waals surface area contributed by atoms with Crippen LogP contribution in [0.3, 0.4) is 0 Å². The number of rotatable bonds is 8. The van der Waals surface area contributed by atoms with Gasteiger partial charge in [-0.1, -0.05) is 11.8 Å². The minimum atomic E-state index is -1.53. The van der Waals surface area contributed by atoms with Gasteiger partial charge in [0.05, 0.1) is 36.8 Å². The van der Waals surface area contributed by atoms with Gasteiger partial charge in [0.15, 0.2) is 0 Å². The van der Waals surface area contributed by atoms with Gasteiger partial charge in [-0.3, -0.25) is 19.9 Å². The standard InChI is InChI=1S/C29H29F4N3O4/c1-40-20-4-5-26-22(15-20)27(18(17-37)16-34-26)23(31)6-7-29(28(38)35-39)8-11-36(12-9-29)10-2-3-21-24(32)13-19(30)14-25(21)33/h4-5,13-16,23,37,39H,6-12,17H2,1H3,(H,35,38). The van der Waals surface area contributed by atoms with Gasteiger partial charge < -0.3 is 9.84 Å². The molecule has 0 radical (unpaired) electrons. The summed E-state index contributed by atoms with van der Waals surface area (Å²) in [6.07, 6.45) is 0.517. The average Bonchev–Trinajstić information content (AvgIpc) is 2.96. The normalized spacial score (nSPS) is 15.8. The second-order valence-corrected chi connectivity index (χ2v) is 9.79. The molecule has 2 heterocycles. The predicted octanol–water partition coefficient (Wildman–Crippen LogP) is 4.58. The van der Waals surface area contributed by atoms with Gasteiger partial charge in [-0.2, -0.15) is 0 Å². The molecule has 1 saturated heterocycles. The summed E-state index contributed by atoms with van der Waals surface area (Å²) in [5.41, 5.74) is 1.28. The fraction of sp³-hybridized carbons (Fsp3) is 0.379. The van der Waals surface area contributed by atoms with Crippen LogP contribution in [0.4, 0.5) is 17.6 Å². The fourth-order valence-electron chi connectivity index (χ4n) is 5.15. The number of piperidine rings is 1. The van der Waals surface area contributed by atoms with E-state index in [-0.39, 0.29) is 37.8 Å². The first kappa shape index (κ1) is 29.3. The lowest BCUT2D eigenvalue weighted by Crippen LogP contribution is -2.48. The molecule has 1 aromatic heterocycles. The van der Waals surface area contributed by atoms with E-state index in [0.717, 1.165) is 0 Å². The number of aliphatic hydroxyl groups excluding tert-OH is 1. The number of halogens is 4. The largest absolute Gasteiger partial charge is 0.497 e. The van der Waals surface area contributed by atoms with Crippen LogP contribution in [0.5, 0.6) is 5.75 Å². The summed E-state index contributed by atoms with van der Waals surface area (Å²) in [5, 5.41) is 19.8. The van der Waals surface area contributed by atoms with Crippen LogP contribution in [0.25, 0.3) is 10.9 Å². The van der Waals surface area contributed by atoms with Gasteiger partial charge in [0.25, 0.3) is 0 Å². The summed E-state index contributed by atoms with van der Waals surface area (Å²) in [6, 6.07) is 6.17. The molecular weight excluding hydrogens is 530 g/mol. The Morgan fingerprint density at radius 3 is 2.52 bits per heavy atom. The highest BCUT2D eigenvalue weighted by atomic mass is 19.1. The number of ether oxygens (including phenoxy) is 1. The van der Waals surface area contributed by atoms with Crippen LogP contribution in [-0.2, 0) is 11.4 Å². The van der Waals surface area contributed by atoms with Gasteiger partial charge in [-0.25, -0.2) is 23.0 Å². The summed E-state index contributed by atoms with van der Waals surface area (Å²) < 4.78 is 61.9. The summed E-state index contributed by atoms with van der Waals surface area (Å²) >= 11 is 0. The van der Waals surface area contributed by atoms with Crippen molar-refractivity contribution in [3.8, 4) is 17.6 Å². The van der Waals surface area contributed by atoms with E-state index in [0.29, 0.717) is 47.4 Å². The van der Waals surface area contributed by atoms with Gasteiger partial charge in [0, 0.05) is 47.9 Å². The summed E-state index contributed by atoms with van der Waals surface area (Å²) in [4.78, 5) is 18.9. The zero-order valence-corrected chi connectivity index (χ0v) is 21.8. The number of carbonyl (C=O) groups is 1. The minimum absolute atomic E-state index is 0.0559. The van der Waals surface area contributed by atoms with Gasteiger partial charge in [-0.05, 0) is 43.9 Å². The van der Waals surface area contributed by atoms with E-state index < -0.39 is 47.1 Å². The van der Waals surface area contributed by atoms with Crippen molar-refractivity contribution in [2.75, 3.05) is 26.7 Å². The van der Waals surface area contributed by atoms with E-state index in [1.165, 1.54) is 13.3 Å². The van der Waals surface area contributed by atoms with Crippen molar-refractivity contribution in [2.45, 2.75) is 38.5 Å². The van der Waals surface area contributed by atoms with E-state index in [1.54, 1.807) is 23.7 Å². The fourth-order valence-corrected chi connectivity index (χ4v) is 5.15. The maximum Gasteiger partial charge on any atom is 0.249 e. The van der Waals surface area contributed by atoms with E-state index in [2.05, 4.69) is 16.8 Å². The summed E-state index contributed by atoms with van der Waals surface area (Å²) in [7, 11) is 1.49. The van der Waals surface area contributed by atoms with Crippen molar-refractivity contribution in [2.24, 2.45) is 5.41 Å². The monoisotopic (exact) mass is 559 g/mol. The number of hydroxylamine groups is 1. The molecule has 1 unspecified atom stereocenters. The number of likely N-dealkylation sites (tertiary alicyclic amines) is 1. The third-order valence-corrected chi connectivity index (χ3v) is 7.48. The molecule has 4 rings (SSSR count). The molecule has 40 heavy (non-hydrogen) atoms. The number of alkyl halides is 1. The molecule has 11 heteroatoms. The molecule has 0 aliphatic carbocycles. The van der Waals surface area contributed by atoms with Crippen LogP contribution in [0.15, 0.2) is 36.5 Å². The van der Waals surface area contributed by atoms with Gasteiger partial charge >= 0.3 is 0 Å². The Morgan fingerprint density at radius 2 is 1.90 bits per heavy atom. The van der Waals surface area contributed by atoms with Crippen LogP contribution in [-0.4, -0.2) is 52.8 Å². The average molecular weight is 560 g/mol. The number of amides is 1. The first-order chi connectivity index (χ1) is 19.2. The predicted molar refractivity (Wildman–Crippen MR) is 139 cm³/mol. The lowest BCUT2D eigenvalue weighted by Gasteiger charge is -2.40. The topological polar surface area (TPSA) is 94.9 Å². The smallest absolute Gasteiger partial charge is 0.249 e. The van der Waals surface area contributed by atoms with E-state index in [4.69, 9.17) is 4.74 Å². The molecule has 0 bridgehead atoms. The first-order valence-corrected chi connectivity index (χ1v) is 12.7.